The van der Waals surface area contributed by atoms with E-state index in [1.54, 1.807) is 6.20 Å². The lowest BCUT2D eigenvalue weighted by molar-refractivity contribution is 0.0398. The number of nitrogens with zero attached hydrogens (tertiary/aromatic N) is 4. The van der Waals surface area contributed by atoms with E-state index in [1.165, 1.54) is 23.1 Å². The first-order valence-corrected chi connectivity index (χ1v) is 6.43. The summed E-state index contributed by atoms with van der Waals surface area (Å²) in [5, 5.41) is 27.5. The lowest BCUT2D eigenvalue weighted by Gasteiger charge is -2.17. The molecule has 1 fully saturated rings. The van der Waals surface area contributed by atoms with Gasteiger partial charge in [0.25, 0.3) is 0 Å². The Hall–Kier alpha value is -2.28. The summed E-state index contributed by atoms with van der Waals surface area (Å²) in [6.07, 6.45) is 7.63. The van der Waals surface area contributed by atoms with Crippen molar-refractivity contribution >= 4 is 5.97 Å². The number of aromatic carboxylic acids is 1. The monoisotopic (exact) mass is 274 g/mol. The molecule has 7 nitrogen and oxygen atoms in total. The maximum atomic E-state index is 11.2. The van der Waals surface area contributed by atoms with E-state index in [0.29, 0.717) is 24.2 Å². The molecule has 2 heterocycles. The number of aliphatic hydroxyl groups is 1. The van der Waals surface area contributed by atoms with Crippen molar-refractivity contribution in [2.24, 2.45) is 0 Å². The van der Waals surface area contributed by atoms with Gasteiger partial charge in [0.1, 0.15) is 11.3 Å². The summed E-state index contributed by atoms with van der Waals surface area (Å²) in [6, 6.07) is 1.41. The van der Waals surface area contributed by atoms with Gasteiger partial charge in [0, 0.05) is 6.20 Å². The van der Waals surface area contributed by atoms with Gasteiger partial charge in [0.05, 0.1) is 23.6 Å². The molecule has 3 rings (SSSR count). The number of aromatic nitrogens is 4. The molecule has 2 aromatic rings. The minimum atomic E-state index is -1.06. The first kappa shape index (κ1) is 12.7. The molecular formula is C13H14N4O3. The summed E-state index contributed by atoms with van der Waals surface area (Å²) in [6.45, 7) is 0. The van der Waals surface area contributed by atoms with Gasteiger partial charge in [0.2, 0.25) is 0 Å². The van der Waals surface area contributed by atoms with Crippen molar-refractivity contribution in [1.29, 1.82) is 0 Å². The molecule has 0 bridgehead atoms. The third-order valence-corrected chi connectivity index (χ3v) is 3.68. The molecule has 0 unspecified atom stereocenters. The van der Waals surface area contributed by atoms with Gasteiger partial charge in [-0.1, -0.05) is 18.1 Å². The predicted molar refractivity (Wildman–Crippen MR) is 68.5 cm³/mol. The van der Waals surface area contributed by atoms with Gasteiger partial charge in [-0.25, -0.2) is 9.48 Å². The maximum absolute atomic E-state index is 11.2. The van der Waals surface area contributed by atoms with Crippen LogP contribution in [-0.4, -0.2) is 36.2 Å². The molecule has 20 heavy (non-hydrogen) atoms. The largest absolute Gasteiger partial charge is 0.478 e. The highest BCUT2D eigenvalue weighted by molar-refractivity contribution is 5.91. The highest BCUT2D eigenvalue weighted by atomic mass is 16.4. The van der Waals surface area contributed by atoms with Crippen LogP contribution in [0.15, 0.2) is 24.7 Å². The van der Waals surface area contributed by atoms with Gasteiger partial charge < -0.3 is 10.2 Å². The number of carbonyl (C=O) groups is 1. The fourth-order valence-corrected chi connectivity index (χ4v) is 2.56. The Morgan fingerprint density at radius 2 is 2.10 bits per heavy atom. The Morgan fingerprint density at radius 3 is 2.80 bits per heavy atom. The van der Waals surface area contributed by atoms with E-state index >= 15 is 0 Å². The summed E-state index contributed by atoms with van der Waals surface area (Å²) in [4.78, 5) is 15.1. The van der Waals surface area contributed by atoms with Gasteiger partial charge >= 0.3 is 5.97 Å². The highest BCUT2D eigenvalue weighted by Crippen LogP contribution is 2.37. The zero-order valence-corrected chi connectivity index (χ0v) is 10.7. The van der Waals surface area contributed by atoms with Crippen molar-refractivity contribution in [3.63, 3.8) is 0 Å². The van der Waals surface area contributed by atoms with E-state index in [1.807, 2.05) is 0 Å². The van der Waals surface area contributed by atoms with Crippen molar-refractivity contribution in [2.45, 2.75) is 31.3 Å². The summed E-state index contributed by atoms with van der Waals surface area (Å²) in [5.74, 6) is -1.06. The van der Waals surface area contributed by atoms with E-state index in [2.05, 4.69) is 15.3 Å². The maximum Gasteiger partial charge on any atom is 0.338 e. The van der Waals surface area contributed by atoms with E-state index < -0.39 is 11.6 Å². The topological polar surface area (TPSA) is 101 Å². The minimum absolute atomic E-state index is 0.0925. The number of pyridine rings is 1. The predicted octanol–water partition coefficient (Wildman–Crippen LogP) is 1.12. The second-order valence-electron chi connectivity index (χ2n) is 4.99. The van der Waals surface area contributed by atoms with Crippen molar-refractivity contribution < 1.29 is 15.0 Å². The van der Waals surface area contributed by atoms with Crippen LogP contribution in [0, 0.1) is 0 Å². The summed E-state index contributed by atoms with van der Waals surface area (Å²) >= 11 is 0. The second kappa shape index (κ2) is 4.68. The van der Waals surface area contributed by atoms with Crippen LogP contribution in [0.2, 0.25) is 0 Å². The van der Waals surface area contributed by atoms with Gasteiger partial charge in [-0.05, 0) is 18.9 Å². The Kier molecular flexibility index (Phi) is 2.98. The summed E-state index contributed by atoms with van der Waals surface area (Å²) in [5.41, 5.74) is -0.0329. The van der Waals surface area contributed by atoms with E-state index in [-0.39, 0.29) is 5.56 Å². The lowest BCUT2D eigenvalue weighted by Crippen LogP contribution is -2.21. The molecule has 1 saturated carbocycles. The van der Waals surface area contributed by atoms with Crippen LogP contribution in [0.4, 0.5) is 0 Å². The van der Waals surface area contributed by atoms with Crippen molar-refractivity contribution in [1.82, 2.24) is 20.0 Å². The molecule has 104 valence electrons. The molecule has 0 radical (unpaired) electrons. The van der Waals surface area contributed by atoms with Crippen LogP contribution >= 0.6 is 0 Å². The van der Waals surface area contributed by atoms with Crippen molar-refractivity contribution in [2.75, 3.05) is 0 Å². The molecule has 1 aliphatic carbocycles. The SMILES string of the molecule is O=C(O)c1ccncc1-n1cc(C2(O)CCCC2)nn1. The normalized spacial score (nSPS) is 17.2. The Labute approximate surface area is 114 Å². The molecule has 2 aromatic heterocycles. The Morgan fingerprint density at radius 1 is 1.35 bits per heavy atom. The van der Waals surface area contributed by atoms with Crippen LogP contribution in [0.3, 0.4) is 0 Å². The van der Waals surface area contributed by atoms with Gasteiger partial charge in [0.15, 0.2) is 0 Å². The Bertz CT molecular complexity index is 647. The standard InChI is InChI=1S/C13H14N4O3/c18-12(19)9-3-6-14-7-10(9)17-8-11(15-16-17)13(20)4-1-2-5-13/h3,6-8,20H,1-2,4-5H2,(H,18,19). The average Bonchev–Trinajstić information content (AvgIpc) is 3.08. The third kappa shape index (κ3) is 2.05. The molecule has 0 aliphatic heterocycles. The van der Waals surface area contributed by atoms with Gasteiger partial charge in [-0.2, -0.15) is 0 Å². The molecule has 0 aromatic carbocycles. The number of hydrogen-bond acceptors (Lipinski definition) is 5. The zero-order chi connectivity index (χ0) is 14.2. The first-order chi connectivity index (χ1) is 9.60. The molecule has 2 N–H and O–H groups in total. The van der Waals surface area contributed by atoms with E-state index in [0.717, 1.165) is 12.8 Å². The molecule has 0 spiro atoms. The van der Waals surface area contributed by atoms with E-state index in [9.17, 15) is 9.90 Å². The Balaban J connectivity index is 2.00. The molecule has 1 aliphatic rings. The quantitative estimate of drug-likeness (QED) is 0.869. The average molecular weight is 274 g/mol. The van der Waals surface area contributed by atoms with Crippen LogP contribution in [-0.2, 0) is 5.60 Å². The molecule has 0 saturated heterocycles. The first-order valence-electron chi connectivity index (χ1n) is 6.43. The third-order valence-electron chi connectivity index (χ3n) is 3.68. The summed E-state index contributed by atoms with van der Waals surface area (Å²) < 4.78 is 1.35. The molecular weight excluding hydrogens is 260 g/mol. The lowest BCUT2D eigenvalue weighted by atomic mass is 9.99. The number of rotatable bonds is 3. The van der Waals surface area contributed by atoms with Crippen molar-refractivity contribution in [3.8, 4) is 5.69 Å². The van der Waals surface area contributed by atoms with E-state index in [4.69, 9.17) is 5.11 Å². The van der Waals surface area contributed by atoms with Crippen LogP contribution < -0.4 is 0 Å². The smallest absolute Gasteiger partial charge is 0.338 e. The van der Waals surface area contributed by atoms with Crippen LogP contribution in [0.1, 0.15) is 41.7 Å². The molecule has 0 atom stereocenters. The van der Waals surface area contributed by atoms with Crippen LogP contribution in [0.5, 0.6) is 0 Å². The molecule has 0 amide bonds. The highest BCUT2D eigenvalue weighted by Gasteiger charge is 2.36. The zero-order valence-electron chi connectivity index (χ0n) is 10.7. The molecule has 7 heteroatoms. The summed E-state index contributed by atoms with van der Waals surface area (Å²) in [7, 11) is 0. The van der Waals surface area contributed by atoms with Crippen LogP contribution in [0.25, 0.3) is 5.69 Å². The number of hydrogen-bond donors (Lipinski definition) is 2. The fraction of sp³-hybridized carbons (Fsp3) is 0.385. The van der Waals surface area contributed by atoms with Gasteiger partial charge in [-0.3, -0.25) is 4.98 Å². The van der Waals surface area contributed by atoms with Crippen molar-refractivity contribution in [3.05, 3.63) is 35.9 Å². The second-order valence-corrected chi connectivity index (χ2v) is 4.99. The number of carboxylic acid groups (broad SMARTS) is 1. The minimum Gasteiger partial charge on any atom is -0.478 e. The van der Waals surface area contributed by atoms with Gasteiger partial charge in [-0.15, -0.1) is 5.10 Å². The number of carboxylic acids is 1. The fourth-order valence-electron chi connectivity index (χ4n) is 2.56.